The molecule has 0 aliphatic heterocycles. The van der Waals surface area contributed by atoms with E-state index in [4.69, 9.17) is 19.3 Å². The van der Waals surface area contributed by atoms with Gasteiger partial charge >= 0.3 is 0 Å². The number of rotatable bonds is 8. The number of aliphatic hydroxyl groups excluding tert-OH is 1. The fourth-order valence-electron chi connectivity index (χ4n) is 1.76. The lowest BCUT2D eigenvalue weighted by molar-refractivity contribution is 0.0878. The molecule has 2 N–H and O–H groups in total. The first kappa shape index (κ1) is 16.3. The molecule has 1 atom stereocenters. The molecule has 0 spiro atoms. The predicted octanol–water partition coefficient (Wildman–Crippen LogP) is 0.831. The molecule has 1 amide bonds. The summed E-state index contributed by atoms with van der Waals surface area (Å²) in [5.74, 6) is 0.817. The van der Waals surface area contributed by atoms with Crippen molar-refractivity contribution < 1.29 is 24.1 Å². The largest absolute Gasteiger partial charge is 0.497 e. The van der Waals surface area contributed by atoms with E-state index in [1.54, 1.807) is 25.3 Å². The molecule has 0 radical (unpaired) electrons. The number of amides is 1. The number of aliphatic hydroxyl groups is 1. The van der Waals surface area contributed by atoms with Gasteiger partial charge in [0.2, 0.25) is 0 Å². The topological polar surface area (TPSA) is 77.0 Å². The molecule has 0 fully saturated rings. The third kappa shape index (κ3) is 4.71. The smallest absolute Gasteiger partial charge is 0.251 e. The fourth-order valence-corrected chi connectivity index (χ4v) is 1.76. The minimum Gasteiger partial charge on any atom is -0.497 e. The lowest BCUT2D eigenvalue weighted by Gasteiger charge is -2.17. The second-order valence-corrected chi connectivity index (χ2v) is 4.24. The molecule has 20 heavy (non-hydrogen) atoms. The quantitative estimate of drug-likeness (QED) is 0.739. The molecule has 1 unspecified atom stereocenters. The van der Waals surface area contributed by atoms with Crippen LogP contribution in [0.25, 0.3) is 0 Å². The zero-order chi connectivity index (χ0) is 15.0. The van der Waals surface area contributed by atoms with Crippen LogP contribution in [0.2, 0.25) is 0 Å². The molecule has 112 valence electrons. The second kappa shape index (κ2) is 8.39. The molecule has 0 saturated heterocycles. The van der Waals surface area contributed by atoms with Crippen molar-refractivity contribution in [3.05, 3.63) is 23.8 Å². The molecule has 6 nitrogen and oxygen atoms in total. The van der Waals surface area contributed by atoms with Crippen molar-refractivity contribution in [1.82, 2.24) is 5.32 Å². The normalized spacial score (nSPS) is 11.8. The highest BCUT2D eigenvalue weighted by atomic mass is 16.5. The molecule has 0 heterocycles. The van der Waals surface area contributed by atoms with E-state index in [0.717, 1.165) is 0 Å². The molecule has 0 aromatic heterocycles. The van der Waals surface area contributed by atoms with E-state index in [1.807, 2.05) is 0 Å². The number of carbonyl (C=O) groups is 1. The number of ether oxygens (including phenoxy) is 3. The van der Waals surface area contributed by atoms with Crippen molar-refractivity contribution in [3.8, 4) is 11.5 Å². The van der Waals surface area contributed by atoms with E-state index >= 15 is 0 Å². The Morgan fingerprint density at radius 1 is 1.20 bits per heavy atom. The van der Waals surface area contributed by atoms with Gasteiger partial charge in [0.05, 0.1) is 26.9 Å². The zero-order valence-corrected chi connectivity index (χ0v) is 12.0. The van der Waals surface area contributed by atoms with Crippen LogP contribution >= 0.6 is 0 Å². The van der Waals surface area contributed by atoms with Gasteiger partial charge in [0.25, 0.3) is 5.91 Å². The van der Waals surface area contributed by atoms with E-state index in [-0.39, 0.29) is 18.6 Å². The van der Waals surface area contributed by atoms with Gasteiger partial charge in [0.1, 0.15) is 11.5 Å². The molecule has 6 heteroatoms. The van der Waals surface area contributed by atoms with E-state index < -0.39 is 0 Å². The first-order valence-corrected chi connectivity index (χ1v) is 6.28. The second-order valence-electron chi connectivity index (χ2n) is 4.24. The molecular formula is C14H21NO5. The predicted molar refractivity (Wildman–Crippen MR) is 74.4 cm³/mol. The third-order valence-corrected chi connectivity index (χ3v) is 2.79. The van der Waals surface area contributed by atoms with Gasteiger partial charge in [-0.2, -0.15) is 0 Å². The van der Waals surface area contributed by atoms with Crippen LogP contribution in [-0.4, -0.2) is 51.6 Å². The lowest BCUT2D eigenvalue weighted by atomic mass is 10.1. The van der Waals surface area contributed by atoms with Crippen molar-refractivity contribution in [3.63, 3.8) is 0 Å². The standard InChI is InChI=1S/C14H21NO5/c1-18-9-11(4-5-16)15-14(17)10-6-12(19-2)8-13(7-10)20-3/h6-8,11,16H,4-5,9H2,1-3H3,(H,15,17). The van der Waals surface area contributed by atoms with Gasteiger partial charge in [-0.3, -0.25) is 4.79 Å². The summed E-state index contributed by atoms with van der Waals surface area (Å²) in [7, 11) is 4.59. The Hall–Kier alpha value is -1.79. The van der Waals surface area contributed by atoms with Crippen molar-refractivity contribution in [2.24, 2.45) is 0 Å². The van der Waals surface area contributed by atoms with Gasteiger partial charge in [-0.1, -0.05) is 0 Å². The van der Waals surface area contributed by atoms with Crippen molar-refractivity contribution in [2.45, 2.75) is 12.5 Å². The van der Waals surface area contributed by atoms with Crippen LogP contribution < -0.4 is 14.8 Å². The first-order chi connectivity index (χ1) is 9.64. The summed E-state index contributed by atoms with van der Waals surface area (Å²) < 4.78 is 15.3. The van der Waals surface area contributed by atoms with Gasteiger partial charge in [-0.05, 0) is 18.6 Å². The minimum absolute atomic E-state index is 0.0181. The molecule has 0 aliphatic rings. The zero-order valence-electron chi connectivity index (χ0n) is 12.0. The van der Waals surface area contributed by atoms with E-state index in [9.17, 15) is 4.79 Å². The molecule has 0 aliphatic carbocycles. The van der Waals surface area contributed by atoms with Crippen LogP contribution in [0.1, 0.15) is 16.8 Å². The fraction of sp³-hybridized carbons (Fsp3) is 0.500. The average Bonchev–Trinajstić information content (AvgIpc) is 2.47. The number of nitrogens with one attached hydrogen (secondary N) is 1. The summed E-state index contributed by atoms with van der Waals surface area (Å²) in [5.41, 5.74) is 0.431. The molecule has 0 bridgehead atoms. The Morgan fingerprint density at radius 3 is 2.25 bits per heavy atom. The van der Waals surface area contributed by atoms with E-state index in [0.29, 0.717) is 30.1 Å². The number of carbonyl (C=O) groups excluding carboxylic acids is 1. The molecule has 0 saturated carbocycles. The monoisotopic (exact) mass is 283 g/mol. The Balaban J connectivity index is 2.84. The minimum atomic E-state index is -0.266. The van der Waals surface area contributed by atoms with Gasteiger partial charge in [0.15, 0.2) is 0 Å². The Labute approximate surface area is 118 Å². The van der Waals surface area contributed by atoms with Crippen molar-refractivity contribution >= 4 is 5.91 Å². The maximum Gasteiger partial charge on any atom is 0.251 e. The van der Waals surface area contributed by atoms with E-state index in [1.165, 1.54) is 14.2 Å². The Morgan fingerprint density at radius 2 is 1.80 bits per heavy atom. The van der Waals surface area contributed by atoms with Crippen LogP contribution in [0.4, 0.5) is 0 Å². The van der Waals surface area contributed by atoms with Crippen LogP contribution in [0.5, 0.6) is 11.5 Å². The maximum absolute atomic E-state index is 12.2. The molecule has 1 rings (SSSR count). The van der Waals surface area contributed by atoms with Crippen LogP contribution in [-0.2, 0) is 4.74 Å². The third-order valence-electron chi connectivity index (χ3n) is 2.79. The van der Waals surface area contributed by atoms with Crippen LogP contribution in [0, 0.1) is 0 Å². The van der Waals surface area contributed by atoms with Crippen LogP contribution in [0.3, 0.4) is 0 Å². The summed E-state index contributed by atoms with van der Waals surface area (Å²) in [4.78, 5) is 12.2. The first-order valence-electron chi connectivity index (χ1n) is 6.28. The van der Waals surface area contributed by atoms with Crippen LogP contribution in [0.15, 0.2) is 18.2 Å². The number of hydrogen-bond acceptors (Lipinski definition) is 5. The summed E-state index contributed by atoms with van der Waals surface area (Å²) in [6.45, 7) is 0.323. The lowest BCUT2D eigenvalue weighted by Crippen LogP contribution is -2.38. The summed E-state index contributed by atoms with van der Waals surface area (Å²) >= 11 is 0. The highest BCUT2D eigenvalue weighted by Gasteiger charge is 2.15. The van der Waals surface area contributed by atoms with Gasteiger partial charge < -0.3 is 24.6 Å². The molecule has 1 aromatic carbocycles. The average molecular weight is 283 g/mol. The number of benzene rings is 1. The van der Waals surface area contributed by atoms with Crippen molar-refractivity contribution in [1.29, 1.82) is 0 Å². The molecular weight excluding hydrogens is 262 g/mol. The summed E-state index contributed by atoms with van der Waals surface area (Å²) in [6, 6.07) is 4.70. The highest BCUT2D eigenvalue weighted by molar-refractivity contribution is 5.95. The van der Waals surface area contributed by atoms with Gasteiger partial charge in [-0.15, -0.1) is 0 Å². The number of hydrogen-bond donors (Lipinski definition) is 2. The van der Waals surface area contributed by atoms with Gasteiger partial charge in [-0.25, -0.2) is 0 Å². The van der Waals surface area contributed by atoms with E-state index in [2.05, 4.69) is 5.32 Å². The maximum atomic E-state index is 12.2. The van der Waals surface area contributed by atoms with Crippen molar-refractivity contribution in [2.75, 3.05) is 34.5 Å². The van der Waals surface area contributed by atoms with Gasteiger partial charge in [0, 0.05) is 25.3 Å². The highest BCUT2D eigenvalue weighted by Crippen LogP contribution is 2.22. The Kier molecular flexibility index (Phi) is 6.83. The molecule has 1 aromatic rings. The summed E-state index contributed by atoms with van der Waals surface area (Å²) in [6.07, 6.45) is 0.431. The summed E-state index contributed by atoms with van der Waals surface area (Å²) in [5, 5.41) is 11.8. The Bertz CT molecular complexity index is 407. The number of methoxy groups -OCH3 is 3. The SMILES string of the molecule is COCC(CCO)NC(=O)c1cc(OC)cc(OC)c1.